The second-order valence-corrected chi connectivity index (χ2v) is 5.01. The molecule has 21 heavy (non-hydrogen) atoms. The zero-order valence-corrected chi connectivity index (χ0v) is 11.4. The van der Waals surface area contributed by atoms with Crippen LogP contribution in [-0.2, 0) is 4.74 Å². The van der Waals surface area contributed by atoms with Crippen molar-refractivity contribution in [2.24, 2.45) is 0 Å². The second kappa shape index (κ2) is 5.66. The highest BCUT2D eigenvalue weighted by Crippen LogP contribution is 2.27. The minimum atomic E-state index is -1.37. The monoisotopic (exact) mass is 296 g/mol. The van der Waals surface area contributed by atoms with Crippen molar-refractivity contribution >= 4 is 17.3 Å². The number of nitro groups is 1. The van der Waals surface area contributed by atoms with E-state index in [9.17, 15) is 20.0 Å². The Morgan fingerprint density at radius 1 is 1.62 bits per heavy atom. The van der Waals surface area contributed by atoms with Crippen molar-refractivity contribution in [2.75, 3.05) is 18.5 Å². The van der Waals surface area contributed by atoms with Crippen LogP contribution in [0.3, 0.4) is 0 Å². The molecule has 0 radical (unpaired) electrons. The molecular formula is C13H16N2O6. The van der Waals surface area contributed by atoms with E-state index in [2.05, 4.69) is 5.32 Å². The Kier molecular flexibility index (Phi) is 4.10. The van der Waals surface area contributed by atoms with Crippen LogP contribution in [0.1, 0.15) is 23.7 Å². The number of hydrogen-bond acceptors (Lipinski definition) is 6. The summed E-state index contributed by atoms with van der Waals surface area (Å²) in [7, 11) is 0. The average molecular weight is 296 g/mol. The summed E-state index contributed by atoms with van der Waals surface area (Å²) >= 11 is 0. The summed E-state index contributed by atoms with van der Waals surface area (Å²) in [6, 6.07) is 3.73. The number of rotatable bonds is 5. The Morgan fingerprint density at radius 3 is 2.86 bits per heavy atom. The highest BCUT2D eigenvalue weighted by Gasteiger charge is 2.39. The Hall–Kier alpha value is -2.19. The highest BCUT2D eigenvalue weighted by atomic mass is 16.6. The fourth-order valence-electron chi connectivity index (χ4n) is 2.23. The number of aromatic carboxylic acids is 1. The van der Waals surface area contributed by atoms with E-state index in [0.717, 1.165) is 6.07 Å². The van der Waals surface area contributed by atoms with E-state index in [1.807, 2.05) is 0 Å². The van der Waals surface area contributed by atoms with Gasteiger partial charge in [0.05, 0.1) is 11.0 Å². The summed E-state index contributed by atoms with van der Waals surface area (Å²) in [5.41, 5.74) is -1.51. The molecule has 2 unspecified atom stereocenters. The molecule has 1 heterocycles. The molecular weight excluding hydrogens is 280 g/mol. The molecule has 0 aromatic heterocycles. The van der Waals surface area contributed by atoms with E-state index in [1.54, 1.807) is 6.92 Å². The number of nitrogens with one attached hydrogen (secondary N) is 1. The maximum Gasteiger partial charge on any atom is 0.342 e. The fourth-order valence-corrected chi connectivity index (χ4v) is 2.23. The first kappa shape index (κ1) is 15.2. The van der Waals surface area contributed by atoms with Gasteiger partial charge in [0.15, 0.2) is 0 Å². The Labute approximate surface area is 120 Å². The highest BCUT2D eigenvalue weighted by molar-refractivity contribution is 5.93. The lowest BCUT2D eigenvalue weighted by molar-refractivity contribution is -0.385. The molecule has 0 spiro atoms. The van der Waals surface area contributed by atoms with Gasteiger partial charge in [-0.2, -0.15) is 0 Å². The molecule has 1 aliphatic heterocycles. The first-order valence-corrected chi connectivity index (χ1v) is 6.43. The van der Waals surface area contributed by atoms with Gasteiger partial charge in [-0.15, -0.1) is 0 Å². The van der Waals surface area contributed by atoms with Gasteiger partial charge in [-0.05, 0) is 19.1 Å². The Bertz CT molecular complexity index is 576. The van der Waals surface area contributed by atoms with Crippen LogP contribution in [-0.4, -0.2) is 46.0 Å². The van der Waals surface area contributed by atoms with Gasteiger partial charge in [0.25, 0.3) is 5.69 Å². The van der Waals surface area contributed by atoms with Gasteiger partial charge in [0.1, 0.15) is 11.2 Å². The molecule has 3 N–H and O–H groups in total. The van der Waals surface area contributed by atoms with E-state index in [-0.39, 0.29) is 12.6 Å². The van der Waals surface area contributed by atoms with E-state index >= 15 is 0 Å². The zero-order valence-electron chi connectivity index (χ0n) is 11.4. The molecule has 114 valence electrons. The lowest BCUT2D eigenvalue weighted by Gasteiger charge is -2.26. The van der Waals surface area contributed by atoms with Crippen LogP contribution in [0.5, 0.6) is 0 Å². The van der Waals surface area contributed by atoms with Crippen LogP contribution in [0.4, 0.5) is 11.4 Å². The molecule has 8 heteroatoms. The van der Waals surface area contributed by atoms with Crippen molar-refractivity contribution in [3.63, 3.8) is 0 Å². The van der Waals surface area contributed by atoms with Crippen molar-refractivity contribution in [1.82, 2.24) is 0 Å². The molecule has 1 saturated heterocycles. The number of carboxylic acids is 1. The molecule has 2 atom stereocenters. The predicted octanol–water partition coefficient (Wildman–Crippen LogP) is 1.24. The summed E-state index contributed by atoms with van der Waals surface area (Å²) in [6.07, 6.45) is 0.141. The Balaban J connectivity index is 2.16. The number of carboxylic acid groups (broad SMARTS) is 1. The van der Waals surface area contributed by atoms with Gasteiger partial charge in [-0.3, -0.25) is 10.1 Å². The Morgan fingerprint density at radius 2 is 2.33 bits per heavy atom. The minimum Gasteiger partial charge on any atom is -0.477 e. The van der Waals surface area contributed by atoms with Gasteiger partial charge < -0.3 is 20.3 Å². The van der Waals surface area contributed by atoms with Gasteiger partial charge in [0, 0.05) is 31.3 Å². The summed E-state index contributed by atoms with van der Waals surface area (Å²) in [4.78, 5) is 21.1. The molecule has 1 fully saturated rings. The first-order valence-electron chi connectivity index (χ1n) is 6.43. The first-order chi connectivity index (χ1) is 9.83. The van der Waals surface area contributed by atoms with Crippen LogP contribution < -0.4 is 5.32 Å². The van der Waals surface area contributed by atoms with Crippen molar-refractivity contribution in [3.05, 3.63) is 33.9 Å². The number of aliphatic hydroxyl groups is 1. The van der Waals surface area contributed by atoms with E-state index in [4.69, 9.17) is 9.84 Å². The van der Waals surface area contributed by atoms with Gasteiger partial charge in [0.2, 0.25) is 0 Å². The molecule has 8 nitrogen and oxygen atoms in total. The third kappa shape index (κ3) is 3.11. The SMILES string of the molecule is CC1OCCC1(O)CNc1ccc([N+](=O)[O-])c(C(=O)O)c1. The van der Waals surface area contributed by atoms with Crippen LogP contribution in [0.25, 0.3) is 0 Å². The van der Waals surface area contributed by atoms with Gasteiger partial charge in [-0.1, -0.05) is 0 Å². The average Bonchev–Trinajstić information content (AvgIpc) is 2.76. The third-order valence-electron chi connectivity index (χ3n) is 3.68. The van der Waals surface area contributed by atoms with Crippen LogP contribution >= 0.6 is 0 Å². The topological polar surface area (TPSA) is 122 Å². The molecule has 0 aliphatic carbocycles. The van der Waals surface area contributed by atoms with E-state index < -0.39 is 27.7 Å². The number of ether oxygens (including phenoxy) is 1. The van der Waals surface area contributed by atoms with E-state index in [0.29, 0.717) is 18.7 Å². The maximum absolute atomic E-state index is 11.1. The van der Waals surface area contributed by atoms with Gasteiger partial charge >= 0.3 is 5.97 Å². The van der Waals surface area contributed by atoms with Crippen molar-refractivity contribution in [2.45, 2.75) is 25.0 Å². The molecule has 1 aromatic rings. The zero-order chi connectivity index (χ0) is 15.6. The lowest BCUT2D eigenvalue weighted by Crippen LogP contribution is -2.43. The maximum atomic E-state index is 11.1. The normalized spacial score (nSPS) is 24.8. The molecule has 0 bridgehead atoms. The largest absolute Gasteiger partial charge is 0.477 e. The fraction of sp³-hybridized carbons (Fsp3) is 0.462. The third-order valence-corrected chi connectivity index (χ3v) is 3.68. The molecule has 1 aliphatic rings. The summed E-state index contributed by atoms with van der Waals surface area (Å²) in [5.74, 6) is -1.37. The molecule has 2 rings (SSSR count). The standard InChI is InChI=1S/C13H16N2O6/c1-8-13(18,4-5-21-8)7-14-9-2-3-11(15(19)20)10(6-9)12(16)17/h2-3,6,8,14,18H,4-5,7H2,1H3,(H,16,17). The molecule has 0 saturated carbocycles. The summed E-state index contributed by atoms with van der Waals surface area (Å²) in [6.45, 7) is 2.39. The quantitative estimate of drug-likeness (QED) is 0.552. The predicted molar refractivity (Wildman–Crippen MR) is 73.5 cm³/mol. The number of nitro benzene ring substituents is 1. The number of benzene rings is 1. The molecule has 1 aromatic carbocycles. The second-order valence-electron chi connectivity index (χ2n) is 5.01. The van der Waals surface area contributed by atoms with Crippen LogP contribution in [0, 0.1) is 10.1 Å². The molecule has 0 amide bonds. The lowest BCUT2D eigenvalue weighted by atomic mass is 9.96. The van der Waals surface area contributed by atoms with Gasteiger partial charge in [-0.25, -0.2) is 4.79 Å². The summed E-state index contributed by atoms with van der Waals surface area (Å²) in [5, 5.41) is 33.0. The smallest absolute Gasteiger partial charge is 0.342 e. The van der Waals surface area contributed by atoms with Crippen molar-refractivity contribution in [1.29, 1.82) is 0 Å². The number of nitrogens with zero attached hydrogens (tertiary/aromatic N) is 1. The minimum absolute atomic E-state index is 0.172. The van der Waals surface area contributed by atoms with Crippen LogP contribution in [0.15, 0.2) is 18.2 Å². The van der Waals surface area contributed by atoms with Crippen molar-refractivity contribution < 1.29 is 24.7 Å². The van der Waals surface area contributed by atoms with E-state index in [1.165, 1.54) is 12.1 Å². The number of anilines is 1. The number of carbonyl (C=O) groups is 1. The van der Waals surface area contributed by atoms with Crippen LogP contribution in [0.2, 0.25) is 0 Å². The number of hydrogen-bond donors (Lipinski definition) is 3. The van der Waals surface area contributed by atoms with Crippen molar-refractivity contribution in [3.8, 4) is 0 Å². The summed E-state index contributed by atoms with van der Waals surface area (Å²) < 4.78 is 5.30.